The van der Waals surface area contributed by atoms with Crippen LogP contribution >= 0.6 is 11.6 Å². The van der Waals surface area contributed by atoms with Crippen molar-refractivity contribution in [2.24, 2.45) is 7.05 Å². The summed E-state index contributed by atoms with van der Waals surface area (Å²) in [6, 6.07) is 17.3. The molecule has 3 aromatic carbocycles. The minimum atomic E-state index is -3.50. The number of nitrogens with one attached hydrogen (secondary N) is 2. The highest BCUT2D eigenvalue weighted by molar-refractivity contribution is 7.92. The molecule has 0 radical (unpaired) electrons. The maximum atomic E-state index is 13.2. The normalized spacial score (nSPS) is 14.4. The highest BCUT2D eigenvalue weighted by Crippen LogP contribution is 2.39. The van der Waals surface area contributed by atoms with Gasteiger partial charge in [0.25, 0.3) is 5.91 Å². The quantitative estimate of drug-likeness (QED) is 0.302. The second-order valence-electron chi connectivity index (χ2n) is 9.81. The Kier molecular flexibility index (Phi) is 7.21. The summed E-state index contributed by atoms with van der Waals surface area (Å²) in [5, 5.41) is 6.70. The van der Waals surface area contributed by atoms with Crippen LogP contribution in [0.25, 0.3) is 22.4 Å². The standard InChI is InChI=1S/C28H28ClN5O5S/c1-32(2)13-14-34(40(4,37)38)20-9-7-19(8-10-20)30-26(17-5-12-23-24(15-17)39-28(36)33(23)3)25-21-11-6-18(29)16-22(21)31-27(25)35/h5-12,15-16,30H,13-14H2,1-4H3,(H,31,35)/b26-25-. The van der Waals surface area contributed by atoms with Crippen LogP contribution in [0.3, 0.4) is 0 Å². The molecule has 5 rings (SSSR count). The van der Waals surface area contributed by atoms with Gasteiger partial charge in [-0.15, -0.1) is 0 Å². The first-order valence-corrected chi connectivity index (χ1v) is 14.6. The van der Waals surface area contributed by atoms with E-state index < -0.39 is 15.8 Å². The van der Waals surface area contributed by atoms with E-state index in [-0.39, 0.29) is 5.91 Å². The Morgan fingerprint density at radius 2 is 1.75 bits per heavy atom. The Morgan fingerprint density at radius 3 is 2.42 bits per heavy atom. The van der Waals surface area contributed by atoms with E-state index in [1.165, 1.54) is 15.1 Å². The van der Waals surface area contributed by atoms with Gasteiger partial charge >= 0.3 is 5.76 Å². The third-order valence-corrected chi connectivity index (χ3v) is 8.06. The van der Waals surface area contributed by atoms with Gasteiger partial charge in [0.05, 0.1) is 34.4 Å². The first kappa shape index (κ1) is 27.5. The summed E-state index contributed by atoms with van der Waals surface area (Å²) in [6.07, 6.45) is 1.18. The van der Waals surface area contributed by atoms with Gasteiger partial charge in [0.2, 0.25) is 10.0 Å². The number of rotatable bonds is 8. The van der Waals surface area contributed by atoms with Gasteiger partial charge in [-0.25, -0.2) is 13.2 Å². The molecular weight excluding hydrogens is 554 g/mol. The van der Waals surface area contributed by atoms with Gasteiger partial charge in [0.15, 0.2) is 5.58 Å². The third-order valence-electron chi connectivity index (χ3n) is 6.63. The summed E-state index contributed by atoms with van der Waals surface area (Å²) in [5.41, 5.74) is 4.86. The molecule has 1 aliphatic rings. The van der Waals surface area contributed by atoms with Crippen molar-refractivity contribution in [2.45, 2.75) is 0 Å². The number of hydrogen-bond acceptors (Lipinski definition) is 7. The van der Waals surface area contributed by atoms with Crippen molar-refractivity contribution in [2.75, 3.05) is 48.4 Å². The van der Waals surface area contributed by atoms with Crippen molar-refractivity contribution in [3.8, 4) is 0 Å². The molecule has 12 heteroatoms. The van der Waals surface area contributed by atoms with E-state index in [9.17, 15) is 18.0 Å². The maximum absolute atomic E-state index is 13.2. The molecule has 0 unspecified atom stereocenters. The van der Waals surface area contributed by atoms with Crippen LogP contribution in [0.4, 0.5) is 17.1 Å². The molecule has 1 aromatic heterocycles. The van der Waals surface area contributed by atoms with Gasteiger partial charge in [-0.05, 0) is 62.6 Å². The van der Waals surface area contributed by atoms with Crippen LogP contribution in [-0.4, -0.2) is 57.2 Å². The smallest absolute Gasteiger partial charge is 0.408 e. The lowest BCUT2D eigenvalue weighted by atomic mass is 9.99. The van der Waals surface area contributed by atoms with Crippen LogP contribution in [0.2, 0.25) is 5.02 Å². The molecule has 2 heterocycles. The van der Waals surface area contributed by atoms with Gasteiger partial charge in [-0.1, -0.05) is 23.7 Å². The molecule has 10 nitrogen and oxygen atoms in total. The highest BCUT2D eigenvalue weighted by atomic mass is 35.5. The van der Waals surface area contributed by atoms with Crippen molar-refractivity contribution >= 4 is 67.0 Å². The van der Waals surface area contributed by atoms with E-state index in [0.29, 0.717) is 68.7 Å². The SMILES string of the molecule is CN(C)CCN(c1ccc(N/C(=C2\C(=O)Nc3cc(Cl)ccc32)c2ccc3c(c2)oc(=O)n3C)cc1)S(C)(=O)=O. The monoisotopic (exact) mass is 581 g/mol. The number of benzene rings is 3. The largest absolute Gasteiger partial charge is 0.419 e. The van der Waals surface area contributed by atoms with E-state index in [1.807, 2.05) is 19.0 Å². The Bertz CT molecular complexity index is 1820. The zero-order chi connectivity index (χ0) is 28.8. The summed E-state index contributed by atoms with van der Waals surface area (Å²) in [5.74, 6) is -0.814. The number of halogens is 1. The predicted molar refractivity (Wildman–Crippen MR) is 159 cm³/mol. The lowest BCUT2D eigenvalue weighted by Gasteiger charge is -2.24. The number of carbonyl (C=O) groups is 1. The zero-order valence-electron chi connectivity index (χ0n) is 22.4. The van der Waals surface area contributed by atoms with Crippen LogP contribution < -0.4 is 20.7 Å². The van der Waals surface area contributed by atoms with Gasteiger partial charge in [0, 0.05) is 42.0 Å². The number of aromatic nitrogens is 1. The van der Waals surface area contributed by atoms with Gasteiger partial charge in [0.1, 0.15) is 0 Å². The fraction of sp³-hybridized carbons (Fsp3) is 0.214. The van der Waals surface area contributed by atoms with E-state index >= 15 is 0 Å². The Morgan fingerprint density at radius 1 is 1.02 bits per heavy atom. The van der Waals surface area contributed by atoms with Gasteiger partial charge in [-0.2, -0.15) is 0 Å². The van der Waals surface area contributed by atoms with Gasteiger partial charge < -0.3 is 20.0 Å². The maximum Gasteiger partial charge on any atom is 0.419 e. The van der Waals surface area contributed by atoms with E-state index in [4.69, 9.17) is 16.0 Å². The molecule has 1 amide bonds. The summed E-state index contributed by atoms with van der Waals surface area (Å²) in [4.78, 5) is 27.3. The number of carbonyl (C=O) groups excluding carboxylic acids is 1. The number of aryl methyl sites for hydroxylation is 1. The third kappa shape index (κ3) is 5.35. The lowest BCUT2D eigenvalue weighted by Crippen LogP contribution is -2.35. The number of hydrogen-bond donors (Lipinski definition) is 2. The second-order valence-corrected chi connectivity index (χ2v) is 12.2. The molecule has 0 aliphatic carbocycles. The summed E-state index contributed by atoms with van der Waals surface area (Å²) >= 11 is 6.16. The summed E-state index contributed by atoms with van der Waals surface area (Å²) in [7, 11) is 1.89. The molecule has 2 N–H and O–H groups in total. The molecule has 4 aromatic rings. The molecule has 1 aliphatic heterocycles. The zero-order valence-corrected chi connectivity index (χ0v) is 23.9. The van der Waals surface area contributed by atoms with Crippen LogP contribution in [0, 0.1) is 0 Å². The lowest BCUT2D eigenvalue weighted by molar-refractivity contribution is -0.110. The molecular formula is C28H28ClN5O5S. The molecule has 40 heavy (non-hydrogen) atoms. The van der Waals surface area contributed by atoms with Crippen LogP contribution in [0.15, 0.2) is 69.9 Å². The molecule has 208 valence electrons. The second kappa shape index (κ2) is 10.5. The fourth-order valence-corrected chi connectivity index (χ4v) is 5.68. The molecule has 0 bridgehead atoms. The van der Waals surface area contributed by atoms with Crippen LogP contribution in [0.1, 0.15) is 11.1 Å². The minimum Gasteiger partial charge on any atom is -0.408 e. The van der Waals surface area contributed by atoms with E-state index in [1.54, 1.807) is 67.7 Å². The first-order chi connectivity index (χ1) is 18.9. The number of anilines is 3. The Balaban J connectivity index is 1.60. The molecule has 0 spiro atoms. The van der Waals surface area contributed by atoms with Crippen molar-refractivity contribution in [1.82, 2.24) is 9.47 Å². The topological polar surface area (TPSA) is 117 Å². The number of oxazole rings is 1. The molecule has 0 saturated carbocycles. The molecule has 0 atom stereocenters. The number of fused-ring (bicyclic) bond motifs is 2. The van der Waals surface area contributed by atoms with Crippen molar-refractivity contribution in [3.63, 3.8) is 0 Å². The van der Waals surface area contributed by atoms with Crippen molar-refractivity contribution in [3.05, 3.63) is 87.4 Å². The predicted octanol–water partition coefficient (Wildman–Crippen LogP) is 4.05. The van der Waals surface area contributed by atoms with Gasteiger partial charge in [-0.3, -0.25) is 13.7 Å². The Labute approximate surface area is 236 Å². The average molecular weight is 582 g/mol. The van der Waals surface area contributed by atoms with Crippen molar-refractivity contribution < 1.29 is 17.6 Å². The average Bonchev–Trinajstić information content (AvgIpc) is 3.36. The number of sulfonamides is 1. The summed E-state index contributed by atoms with van der Waals surface area (Å²) < 4.78 is 33.1. The summed E-state index contributed by atoms with van der Waals surface area (Å²) in [6.45, 7) is 0.857. The molecule has 0 fully saturated rings. The van der Waals surface area contributed by atoms with E-state index in [2.05, 4.69) is 10.6 Å². The van der Waals surface area contributed by atoms with E-state index in [0.717, 1.165) is 0 Å². The number of likely N-dealkylation sites (N-methyl/N-ethyl adjacent to an activating group) is 1. The minimum absolute atomic E-state index is 0.301. The Hall–Kier alpha value is -4.06. The van der Waals surface area contributed by atoms with Crippen LogP contribution in [0.5, 0.6) is 0 Å². The van der Waals surface area contributed by atoms with Crippen molar-refractivity contribution in [1.29, 1.82) is 0 Å². The molecule has 0 saturated heterocycles. The number of nitrogens with zero attached hydrogens (tertiary/aromatic N) is 3. The highest BCUT2D eigenvalue weighted by Gasteiger charge is 2.29. The fourth-order valence-electron chi connectivity index (χ4n) is 4.59. The number of amides is 1. The van der Waals surface area contributed by atoms with Crippen LogP contribution in [-0.2, 0) is 21.9 Å². The first-order valence-electron chi connectivity index (χ1n) is 12.4.